The van der Waals surface area contributed by atoms with E-state index in [1.54, 1.807) is 6.08 Å². The summed E-state index contributed by atoms with van der Waals surface area (Å²) in [6.45, 7) is 0. The zero-order valence-electron chi connectivity index (χ0n) is 10.1. The molecule has 17 heavy (non-hydrogen) atoms. The highest BCUT2D eigenvalue weighted by molar-refractivity contribution is 8.31. The summed E-state index contributed by atoms with van der Waals surface area (Å²) < 4.78 is 26.1. The van der Waals surface area contributed by atoms with Crippen LogP contribution in [0.15, 0.2) is 23.6 Å². The molecule has 5 heteroatoms. The Morgan fingerprint density at radius 3 is 2.71 bits per heavy atom. The number of rotatable bonds is 2. The molecule has 2 atom stereocenters. The largest absolute Gasteiger partial charge is 0.379 e. The van der Waals surface area contributed by atoms with Gasteiger partial charge in [0.25, 0.3) is 0 Å². The van der Waals surface area contributed by atoms with Gasteiger partial charge < -0.3 is 0 Å². The third kappa shape index (κ3) is 3.30. The lowest BCUT2D eigenvalue weighted by molar-refractivity contribution is 0.415. The normalized spacial score (nSPS) is 29.2. The number of hydrogen-bond donors (Lipinski definition) is 1. The van der Waals surface area contributed by atoms with Crippen LogP contribution in [0.5, 0.6) is 0 Å². The minimum absolute atomic E-state index is 0.199. The van der Waals surface area contributed by atoms with Crippen LogP contribution in [0.1, 0.15) is 32.1 Å². The Morgan fingerprint density at radius 1 is 1.35 bits per heavy atom. The summed E-state index contributed by atoms with van der Waals surface area (Å²) in [4.78, 5) is 0. The van der Waals surface area contributed by atoms with Crippen molar-refractivity contribution in [3.63, 3.8) is 0 Å². The molecule has 0 bridgehead atoms. The lowest BCUT2D eigenvalue weighted by Gasteiger charge is -2.21. The Bertz CT molecular complexity index is 469. The van der Waals surface area contributed by atoms with Crippen molar-refractivity contribution in [2.24, 2.45) is 0 Å². The summed E-state index contributed by atoms with van der Waals surface area (Å²) in [6, 6.07) is 0.199. The Hall–Kier alpha value is -0.390. The van der Waals surface area contributed by atoms with E-state index in [1.165, 1.54) is 6.42 Å². The van der Waals surface area contributed by atoms with Crippen LogP contribution in [0.4, 0.5) is 0 Å². The van der Waals surface area contributed by atoms with Crippen molar-refractivity contribution in [3.05, 3.63) is 23.6 Å². The van der Waals surface area contributed by atoms with Crippen molar-refractivity contribution in [1.82, 2.24) is 4.72 Å². The van der Waals surface area contributed by atoms with Crippen LogP contribution in [0, 0.1) is 0 Å². The van der Waals surface area contributed by atoms with Crippen molar-refractivity contribution in [2.75, 3.05) is 6.26 Å². The fourth-order valence-corrected chi connectivity index (χ4v) is 5.80. The summed E-state index contributed by atoms with van der Waals surface area (Å²) >= 11 is 0. The van der Waals surface area contributed by atoms with Crippen molar-refractivity contribution in [3.8, 4) is 0 Å². The second-order valence-electron chi connectivity index (χ2n) is 4.54. The van der Waals surface area contributed by atoms with Gasteiger partial charge in [-0.1, -0.05) is 31.4 Å². The molecule has 2 unspecified atom stereocenters. The van der Waals surface area contributed by atoms with Gasteiger partial charge in [0, 0.05) is 6.04 Å². The van der Waals surface area contributed by atoms with Crippen LogP contribution in [0.25, 0.3) is 0 Å². The lowest BCUT2D eigenvalue weighted by atomic mass is 9.96. The molecule has 2 rings (SSSR count). The van der Waals surface area contributed by atoms with Gasteiger partial charge in [-0.2, -0.15) is 8.93 Å². The van der Waals surface area contributed by atoms with Crippen LogP contribution in [0.3, 0.4) is 0 Å². The highest BCUT2D eigenvalue weighted by Gasteiger charge is 2.28. The van der Waals surface area contributed by atoms with Crippen molar-refractivity contribution >= 4 is 24.7 Å². The average molecular weight is 274 g/mol. The van der Waals surface area contributed by atoms with Gasteiger partial charge in [-0.3, -0.25) is 0 Å². The molecule has 1 heterocycles. The van der Waals surface area contributed by atoms with Gasteiger partial charge >= 0.3 is 10.0 Å². The molecule has 0 aromatic heterocycles. The highest BCUT2D eigenvalue weighted by Crippen LogP contribution is 2.22. The monoisotopic (exact) mass is 274 g/mol. The first kappa shape index (κ1) is 13.1. The summed E-state index contributed by atoms with van der Waals surface area (Å²) in [5, 5.41) is 1.98. The van der Waals surface area contributed by atoms with Crippen LogP contribution in [0.2, 0.25) is 0 Å². The molecule has 0 radical (unpaired) electrons. The first-order valence-corrected chi connectivity index (χ1v) is 9.21. The number of hydrogen-bond acceptors (Lipinski definition) is 1. The van der Waals surface area contributed by atoms with Gasteiger partial charge in [-0.05, 0) is 30.6 Å². The van der Waals surface area contributed by atoms with E-state index in [0.717, 1.165) is 25.7 Å². The first-order valence-electron chi connectivity index (χ1n) is 6.00. The fourth-order valence-electron chi connectivity index (χ4n) is 2.25. The predicted octanol–water partition coefficient (Wildman–Crippen LogP) is 2.51. The second kappa shape index (κ2) is 5.50. The van der Waals surface area contributed by atoms with Gasteiger partial charge in [0.1, 0.15) is 0 Å². The average Bonchev–Trinajstić information content (AvgIpc) is 2.30. The van der Waals surface area contributed by atoms with Crippen LogP contribution in [-0.2, 0) is 10.0 Å². The van der Waals surface area contributed by atoms with Crippen LogP contribution < -0.4 is 4.72 Å². The molecule has 0 spiro atoms. The molecule has 96 valence electrons. The van der Waals surface area contributed by atoms with Gasteiger partial charge in [-0.15, -0.1) is 10.5 Å². The van der Waals surface area contributed by atoms with E-state index in [-0.39, 0.29) is 16.5 Å². The highest BCUT2D eigenvalue weighted by atomic mass is 32.3. The Labute approximate surface area is 106 Å². The minimum Gasteiger partial charge on any atom is -0.209 e. The predicted molar refractivity (Wildman–Crippen MR) is 76.9 cm³/mol. The Kier molecular flexibility index (Phi) is 4.22. The van der Waals surface area contributed by atoms with E-state index < -0.39 is 10.0 Å². The van der Waals surface area contributed by atoms with Gasteiger partial charge in [0.05, 0.1) is 0 Å². The summed E-state index contributed by atoms with van der Waals surface area (Å²) in [5.41, 5.74) is 0. The standard InChI is InChI=1S/C12H19NO2S2/c1-16-10-6-5-9-12(16)17(14,15)13-11-7-3-2-4-8-11/h5-6,9-11H,2-4,7-8H2,1H3,(H,13,14,15)/p+1. The molecule has 3 nitrogen and oxygen atoms in total. The summed E-state index contributed by atoms with van der Waals surface area (Å²) in [7, 11) is -3.28. The zero-order valence-corrected chi connectivity index (χ0v) is 11.7. The van der Waals surface area contributed by atoms with Crippen LogP contribution in [-0.4, -0.2) is 24.9 Å². The molecule has 1 fully saturated rings. The molecule has 2 aliphatic rings. The van der Waals surface area contributed by atoms with E-state index in [2.05, 4.69) is 4.72 Å². The van der Waals surface area contributed by atoms with Gasteiger partial charge in [0.2, 0.25) is 0 Å². The Balaban J connectivity index is 2.13. The molecule has 2 N–H and O–H groups in total. The molecule has 1 aliphatic carbocycles. The third-order valence-electron chi connectivity index (χ3n) is 3.15. The van der Waals surface area contributed by atoms with E-state index in [1.807, 2.05) is 23.8 Å². The maximum Gasteiger partial charge on any atom is 0.379 e. The topological polar surface area (TPSA) is 50.5 Å². The van der Waals surface area contributed by atoms with Crippen molar-refractivity contribution < 1.29 is 8.42 Å². The molecular formula is C12H20NO2S2+. The second-order valence-corrected chi connectivity index (χ2v) is 8.36. The quantitative estimate of drug-likeness (QED) is 0.610. The summed E-state index contributed by atoms with van der Waals surface area (Å²) in [6.07, 6.45) is 13.1. The first-order chi connectivity index (χ1) is 8.09. The van der Waals surface area contributed by atoms with Gasteiger partial charge in [-0.25, -0.2) is 4.21 Å². The van der Waals surface area contributed by atoms with E-state index in [0.29, 0.717) is 4.20 Å². The summed E-state index contributed by atoms with van der Waals surface area (Å²) in [5.74, 6) is 0. The molecule has 1 saturated carbocycles. The van der Waals surface area contributed by atoms with E-state index >= 15 is 0 Å². The molecule has 0 aromatic carbocycles. The molecule has 0 amide bonds. The molecule has 0 saturated heterocycles. The third-order valence-corrected chi connectivity index (χ3v) is 7.28. The smallest absolute Gasteiger partial charge is 0.209 e. The van der Waals surface area contributed by atoms with Gasteiger partial charge in [0.15, 0.2) is 4.20 Å². The molecule has 1 aliphatic heterocycles. The number of nitrogens with one attached hydrogen (secondary N) is 1. The Morgan fingerprint density at radius 2 is 2.06 bits per heavy atom. The number of allylic oxidation sites excluding steroid dienone is 2. The zero-order chi connectivity index (χ0) is 12.3. The van der Waals surface area contributed by atoms with Crippen LogP contribution >= 0.6 is 10.5 Å². The molecule has 0 aromatic rings. The maximum absolute atomic E-state index is 12.3. The minimum atomic E-state index is -3.04. The van der Waals surface area contributed by atoms with Crippen molar-refractivity contribution in [2.45, 2.75) is 38.1 Å². The molecular weight excluding hydrogens is 254 g/mol. The fraction of sp³-hybridized carbons (Fsp3) is 0.583. The maximum atomic E-state index is 12.3. The SMILES string of the molecule is CS1=C(S(=O)(=[OH+])NC2CCCCC2)C=CC=C1. The van der Waals surface area contributed by atoms with E-state index in [9.17, 15) is 8.42 Å². The lowest BCUT2D eigenvalue weighted by Crippen LogP contribution is -2.39. The van der Waals surface area contributed by atoms with Crippen molar-refractivity contribution in [1.29, 1.82) is 0 Å². The van der Waals surface area contributed by atoms with E-state index in [4.69, 9.17) is 0 Å².